The van der Waals surface area contributed by atoms with E-state index in [-0.39, 0.29) is 0 Å². The first-order valence-electron chi connectivity index (χ1n) is 8.37. The van der Waals surface area contributed by atoms with Gasteiger partial charge in [0.2, 0.25) is 0 Å². The Morgan fingerprint density at radius 1 is 1.16 bits per heavy atom. The van der Waals surface area contributed by atoms with Crippen LogP contribution in [0.2, 0.25) is 0 Å². The number of aromatic nitrogens is 3. The van der Waals surface area contributed by atoms with E-state index in [9.17, 15) is 0 Å². The Labute approximate surface area is 155 Å². The van der Waals surface area contributed by atoms with Gasteiger partial charge in [-0.05, 0) is 13.0 Å². The lowest BCUT2D eigenvalue weighted by molar-refractivity contribution is 0.0330. The maximum Gasteiger partial charge on any atom is 0.144 e. The Balaban J connectivity index is 1.59. The van der Waals surface area contributed by atoms with Gasteiger partial charge in [0, 0.05) is 29.6 Å². The van der Waals surface area contributed by atoms with Gasteiger partial charge in [0.05, 0.1) is 36.0 Å². The highest BCUT2D eigenvalue weighted by molar-refractivity contribution is 7.98. The Morgan fingerprint density at radius 3 is 2.80 bits per heavy atom. The number of hydrogen-bond acceptors (Lipinski definition) is 7. The summed E-state index contributed by atoms with van der Waals surface area (Å²) in [5, 5.41) is 5.39. The van der Waals surface area contributed by atoms with Gasteiger partial charge in [-0.2, -0.15) is 0 Å². The molecule has 0 bridgehead atoms. The van der Waals surface area contributed by atoms with Crippen LogP contribution in [0.1, 0.15) is 16.5 Å². The highest BCUT2D eigenvalue weighted by Gasteiger charge is 2.15. The molecule has 4 rings (SSSR count). The van der Waals surface area contributed by atoms with Gasteiger partial charge in [-0.15, -0.1) is 11.3 Å². The number of ether oxygens (including phenoxy) is 1. The van der Waals surface area contributed by atoms with Crippen molar-refractivity contribution in [2.45, 2.75) is 24.2 Å². The van der Waals surface area contributed by atoms with Gasteiger partial charge in [-0.1, -0.05) is 30.0 Å². The molecule has 3 heterocycles. The van der Waals surface area contributed by atoms with E-state index in [2.05, 4.69) is 27.4 Å². The standard InChI is InChI=1S/C18H20N4OS2/c1-13-19-14(11-24-13)12-25-18-15-4-2-3-5-16(15)20-17(21-18)10-22-6-8-23-9-7-22/h2-5,11H,6-10,12H2,1H3. The molecule has 0 atom stereocenters. The van der Waals surface area contributed by atoms with Gasteiger partial charge < -0.3 is 4.74 Å². The smallest absolute Gasteiger partial charge is 0.144 e. The first-order valence-corrected chi connectivity index (χ1v) is 10.2. The molecule has 0 amide bonds. The fourth-order valence-electron chi connectivity index (χ4n) is 2.85. The summed E-state index contributed by atoms with van der Waals surface area (Å²) >= 11 is 3.44. The zero-order valence-corrected chi connectivity index (χ0v) is 15.8. The predicted octanol–water partition coefficient (Wildman–Crippen LogP) is 3.52. The van der Waals surface area contributed by atoms with Crippen LogP contribution in [0.15, 0.2) is 34.7 Å². The van der Waals surface area contributed by atoms with Crippen LogP contribution in [0.25, 0.3) is 10.9 Å². The first kappa shape index (κ1) is 16.9. The van der Waals surface area contributed by atoms with Crippen molar-refractivity contribution in [2.75, 3.05) is 26.3 Å². The number of rotatable bonds is 5. The van der Waals surface area contributed by atoms with Gasteiger partial charge in [-0.3, -0.25) is 4.90 Å². The Kier molecular flexibility index (Phi) is 5.26. The van der Waals surface area contributed by atoms with Crippen molar-refractivity contribution in [3.8, 4) is 0 Å². The van der Waals surface area contributed by atoms with Gasteiger partial charge in [0.1, 0.15) is 10.9 Å². The molecule has 1 fully saturated rings. The van der Waals surface area contributed by atoms with Crippen LogP contribution in [0.5, 0.6) is 0 Å². The third-order valence-corrected chi connectivity index (χ3v) is 5.95. The van der Waals surface area contributed by atoms with Crippen LogP contribution in [-0.2, 0) is 17.0 Å². The summed E-state index contributed by atoms with van der Waals surface area (Å²) in [5.74, 6) is 1.72. The summed E-state index contributed by atoms with van der Waals surface area (Å²) in [6, 6.07) is 8.25. The van der Waals surface area contributed by atoms with Crippen LogP contribution < -0.4 is 0 Å². The molecule has 2 aromatic heterocycles. The van der Waals surface area contributed by atoms with E-state index < -0.39 is 0 Å². The molecule has 130 valence electrons. The summed E-state index contributed by atoms with van der Waals surface area (Å²) in [7, 11) is 0. The number of aryl methyl sites for hydroxylation is 1. The summed E-state index contributed by atoms with van der Waals surface area (Å²) in [6.45, 7) is 6.28. The zero-order valence-electron chi connectivity index (χ0n) is 14.1. The molecule has 0 unspecified atom stereocenters. The first-order chi connectivity index (χ1) is 12.3. The molecule has 25 heavy (non-hydrogen) atoms. The van der Waals surface area contributed by atoms with E-state index >= 15 is 0 Å². The molecule has 3 aromatic rings. The molecule has 7 heteroatoms. The minimum absolute atomic E-state index is 0.775. The molecule has 1 aliphatic rings. The van der Waals surface area contributed by atoms with Crippen molar-refractivity contribution >= 4 is 34.0 Å². The van der Waals surface area contributed by atoms with E-state index in [4.69, 9.17) is 14.7 Å². The summed E-state index contributed by atoms with van der Waals surface area (Å²) in [5.41, 5.74) is 2.13. The van der Waals surface area contributed by atoms with Crippen molar-refractivity contribution in [1.82, 2.24) is 19.9 Å². The number of benzene rings is 1. The lowest BCUT2D eigenvalue weighted by atomic mass is 10.2. The van der Waals surface area contributed by atoms with Crippen LogP contribution in [0, 0.1) is 6.92 Å². The third-order valence-electron chi connectivity index (χ3n) is 4.11. The molecule has 0 saturated carbocycles. The molecule has 1 saturated heterocycles. The molecule has 0 aliphatic carbocycles. The third kappa shape index (κ3) is 4.17. The second-order valence-electron chi connectivity index (χ2n) is 6.00. The molecule has 0 spiro atoms. The minimum atomic E-state index is 0.775. The van der Waals surface area contributed by atoms with Crippen LogP contribution in [0.3, 0.4) is 0 Å². The highest BCUT2D eigenvalue weighted by Crippen LogP contribution is 2.28. The van der Waals surface area contributed by atoms with Crippen LogP contribution in [-0.4, -0.2) is 46.2 Å². The normalized spacial score (nSPS) is 15.7. The molecular weight excluding hydrogens is 352 g/mol. The Morgan fingerprint density at radius 2 is 2.00 bits per heavy atom. The monoisotopic (exact) mass is 372 g/mol. The van der Waals surface area contributed by atoms with Crippen molar-refractivity contribution in [1.29, 1.82) is 0 Å². The van der Waals surface area contributed by atoms with Crippen LogP contribution >= 0.6 is 23.1 Å². The lowest BCUT2D eigenvalue weighted by Crippen LogP contribution is -2.36. The largest absolute Gasteiger partial charge is 0.379 e. The summed E-state index contributed by atoms with van der Waals surface area (Å²) < 4.78 is 5.43. The fourth-order valence-corrected chi connectivity index (χ4v) is 4.50. The number of morpholine rings is 1. The number of para-hydroxylation sites is 1. The molecule has 0 radical (unpaired) electrons. The molecule has 1 aromatic carbocycles. The molecule has 0 N–H and O–H groups in total. The predicted molar refractivity (Wildman–Crippen MR) is 102 cm³/mol. The zero-order chi connectivity index (χ0) is 17.1. The van der Waals surface area contributed by atoms with Gasteiger partial charge in [0.15, 0.2) is 0 Å². The average Bonchev–Trinajstić information content (AvgIpc) is 3.06. The number of thioether (sulfide) groups is 1. The minimum Gasteiger partial charge on any atom is -0.379 e. The summed E-state index contributed by atoms with van der Waals surface area (Å²) in [6.07, 6.45) is 0. The second kappa shape index (κ2) is 7.78. The van der Waals surface area contributed by atoms with E-state index in [1.54, 1.807) is 23.1 Å². The molecule has 5 nitrogen and oxygen atoms in total. The van der Waals surface area contributed by atoms with E-state index in [1.165, 1.54) is 0 Å². The number of hydrogen-bond donors (Lipinski definition) is 0. The molecule has 1 aliphatic heterocycles. The average molecular weight is 373 g/mol. The Hall–Kier alpha value is -1.54. The number of thiazole rings is 1. The van der Waals surface area contributed by atoms with Crippen molar-refractivity contribution in [3.05, 3.63) is 46.2 Å². The summed E-state index contributed by atoms with van der Waals surface area (Å²) in [4.78, 5) is 16.5. The second-order valence-corrected chi connectivity index (χ2v) is 8.02. The van der Waals surface area contributed by atoms with E-state index in [0.29, 0.717) is 0 Å². The van der Waals surface area contributed by atoms with Crippen LogP contribution in [0.4, 0.5) is 0 Å². The quantitative estimate of drug-likeness (QED) is 0.504. The maximum absolute atomic E-state index is 5.43. The fraction of sp³-hybridized carbons (Fsp3) is 0.389. The number of nitrogens with zero attached hydrogens (tertiary/aromatic N) is 4. The highest BCUT2D eigenvalue weighted by atomic mass is 32.2. The lowest BCUT2D eigenvalue weighted by Gasteiger charge is -2.25. The van der Waals surface area contributed by atoms with E-state index in [1.807, 2.05) is 19.1 Å². The van der Waals surface area contributed by atoms with Crippen molar-refractivity contribution in [3.63, 3.8) is 0 Å². The topological polar surface area (TPSA) is 51.1 Å². The van der Waals surface area contributed by atoms with Gasteiger partial charge in [-0.25, -0.2) is 15.0 Å². The van der Waals surface area contributed by atoms with E-state index in [0.717, 1.165) is 71.1 Å². The Bertz CT molecular complexity index is 861. The van der Waals surface area contributed by atoms with Crippen molar-refractivity contribution in [2.24, 2.45) is 0 Å². The van der Waals surface area contributed by atoms with Crippen molar-refractivity contribution < 1.29 is 4.74 Å². The maximum atomic E-state index is 5.43. The van der Waals surface area contributed by atoms with Gasteiger partial charge >= 0.3 is 0 Å². The molecular formula is C18H20N4OS2. The van der Waals surface area contributed by atoms with Gasteiger partial charge in [0.25, 0.3) is 0 Å². The number of fused-ring (bicyclic) bond motifs is 1. The SMILES string of the molecule is Cc1nc(CSc2nc(CN3CCOCC3)nc3ccccc23)cs1.